The summed E-state index contributed by atoms with van der Waals surface area (Å²) in [5.74, 6) is 0.525. The number of carbonyl (C=O) groups is 2. The summed E-state index contributed by atoms with van der Waals surface area (Å²) in [5.41, 5.74) is 1.43. The molecule has 1 aliphatic rings. The minimum Gasteiger partial charge on any atom is -0.352 e. The molecule has 7 heteroatoms. The highest BCUT2D eigenvalue weighted by molar-refractivity contribution is 5.96. The largest absolute Gasteiger partial charge is 0.352 e. The molecule has 25 heavy (non-hydrogen) atoms. The van der Waals surface area contributed by atoms with Crippen molar-refractivity contribution in [2.45, 2.75) is 6.92 Å². The van der Waals surface area contributed by atoms with E-state index in [0.717, 1.165) is 11.5 Å². The number of nitrogens with zero attached hydrogens (tertiary/aromatic N) is 4. The number of anilines is 1. The Morgan fingerprint density at radius 2 is 1.72 bits per heavy atom. The molecule has 0 atom stereocenters. The Hall–Kier alpha value is -2.96. The van der Waals surface area contributed by atoms with Gasteiger partial charge in [0.25, 0.3) is 5.91 Å². The summed E-state index contributed by atoms with van der Waals surface area (Å²) in [6.45, 7) is 4.53. The van der Waals surface area contributed by atoms with Gasteiger partial charge >= 0.3 is 0 Å². The molecule has 3 rings (SSSR count). The van der Waals surface area contributed by atoms with E-state index in [4.69, 9.17) is 0 Å². The Balaban J connectivity index is 1.47. The number of amides is 2. The molecule has 1 aromatic heterocycles. The van der Waals surface area contributed by atoms with Crippen LogP contribution < -0.4 is 10.2 Å². The average molecular weight is 339 g/mol. The molecule has 2 amide bonds. The van der Waals surface area contributed by atoms with Crippen LogP contribution in [0.15, 0.2) is 42.5 Å². The lowest BCUT2D eigenvalue weighted by molar-refractivity contribution is -0.130. The van der Waals surface area contributed by atoms with Crippen molar-refractivity contribution in [3.05, 3.63) is 53.7 Å². The molecule has 0 unspecified atom stereocenters. The predicted molar refractivity (Wildman–Crippen MR) is 94.3 cm³/mol. The van der Waals surface area contributed by atoms with Gasteiger partial charge in [-0.05, 0) is 31.2 Å². The molecule has 1 N–H and O–H groups in total. The van der Waals surface area contributed by atoms with Crippen molar-refractivity contribution in [3.8, 4) is 0 Å². The highest BCUT2D eigenvalue weighted by atomic mass is 16.2. The van der Waals surface area contributed by atoms with Crippen LogP contribution >= 0.6 is 0 Å². The molecule has 2 aromatic rings. The first kappa shape index (κ1) is 16.9. The molecular formula is C18H21N5O2. The number of aromatic nitrogens is 2. The Morgan fingerprint density at radius 3 is 2.36 bits per heavy atom. The quantitative estimate of drug-likeness (QED) is 0.894. The van der Waals surface area contributed by atoms with Gasteiger partial charge in [0, 0.05) is 31.7 Å². The number of hydrogen-bond acceptors (Lipinski definition) is 5. The zero-order valence-corrected chi connectivity index (χ0v) is 14.2. The van der Waals surface area contributed by atoms with Crippen LogP contribution in [0.25, 0.3) is 0 Å². The van der Waals surface area contributed by atoms with E-state index < -0.39 is 0 Å². The second-order valence-electron chi connectivity index (χ2n) is 5.95. The molecule has 130 valence electrons. The van der Waals surface area contributed by atoms with Crippen molar-refractivity contribution in [1.29, 1.82) is 0 Å². The smallest absolute Gasteiger partial charge is 0.251 e. The monoisotopic (exact) mass is 339 g/mol. The second-order valence-corrected chi connectivity index (χ2v) is 5.95. The fourth-order valence-corrected chi connectivity index (χ4v) is 2.70. The second kappa shape index (κ2) is 7.74. The number of benzene rings is 1. The number of aryl methyl sites for hydroxylation is 1. The Morgan fingerprint density at radius 1 is 1.00 bits per heavy atom. The van der Waals surface area contributed by atoms with Crippen LogP contribution in [-0.2, 0) is 4.79 Å². The summed E-state index contributed by atoms with van der Waals surface area (Å²) in [6.07, 6.45) is 0. The van der Waals surface area contributed by atoms with Crippen LogP contribution in [0.4, 0.5) is 5.82 Å². The van der Waals surface area contributed by atoms with Crippen LogP contribution in [-0.4, -0.2) is 59.6 Å². The summed E-state index contributed by atoms with van der Waals surface area (Å²) in [5, 5.41) is 10.9. The van der Waals surface area contributed by atoms with Gasteiger partial charge in [0.05, 0.1) is 12.2 Å². The summed E-state index contributed by atoms with van der Waals surface area (Å²) < 4.78 is 0. The first-order chi connectivity index (χ1) is 12.1. The maximum absolute atomic E-state index is 12.3. The number of hydrogen-bond donors (Lipinski definition) is 1. The van der Waals surface area contributed by atoms with E-state index in [9.17, 15) is 9.59 Å². The van der Waals surface area contributed by atoms with E-state index in [1.54, 1.807) is 29.2 Å². The van der Waals surface area contributed by atoms with Crippen LogP contribution in [0.5, 0.6) is 0 Å². The molecule has 1 aromatic carbocycles. The maximum atomic E-state index is 12.3. The fourth-order valence-electron chi connectivity index (χ4n) is 2.70. The average Bonchev–Trinajstić information content (AvgIpc) is 2.67. The van der Waals surface area contributed by atoms with Gasteiger partial charge in [0.1, 0.15) is 0 Å². The first-order valence-corrected chi connectivity index (χ1v) is 8.30. The normalized spacial score (nSPS) is 14.3. The lowest BCUT2D eigenvalue weighted by Crippen LogP contribution is -2.51. The molecular weight excluding hydrogens is 318 g/mol. The topological polar surface area (TPSA) is 78.4 Å². The van der Waals surface area contributed by atoms with Crippen LogP contribution in [0.3, 0.4) is 0 Å². The summed E-state index contributed by atoms with van der Waals surface area (Å²) >= 11 is 0. The van der Waals surface area contributed by atoms with Crippen molar-refractivity contribution in [2.75, 3.05) is 37.6 Å². The van der Waals surface area contributed by atoms with E-state index >= 15 is 0 Å². The number of rotatable bonds is 4. The third-order valence-electron chi connectivity index (χ3n) is 4.18. The van der Waals surface area contributed by atoms with Crippen LogP contribution in [0, 0.1) is 6.92 Å². The predicted octanol–water partition coefficient (Wildman–Crippen LogP) is 0.864. The van der Waals surface area contributed by atoms with E-state index in [1.807, 2.05) is 25.1 Å². The van der Waals surface area contributed by atoms with Crippen molar-refractivity contribution in [1.82, 2.24) is 20.4 Å². The van der Waals surface area contributed by atoms with E-state index in [2.05, 4.69) is 20.4 Å². The minimum absolute atomic E-state index is 0.0120. The van der Waals surface area contributed by atoms with Crippen molar-refractivity contribution < 1.29 is 9.59 Å². The van der Waals surface area contributed by atoms with Crippen LogP contribution in [0.2, 0.25) is 0 Å². The van der Waals surface area contributed by atoms with Crippen molar-refractivity contribution in [2.24, 2.45) is 0 Å². The minimum atomic E-state index is -0.234. The van der Waals surface area contributed by atoms with Gasteiger partial charge in [-0.25, -0.2) is 0 Å². The Labute approximate surface area is 146 Å². The molecule has 0 aliphatic carbocycles. The summed E-state index contributed by atoms with van der Waals surface area (Å²) in [7, 11) is 0. The number of carbonyl (C=O) groups excluding carboxylic acids is 2. The van der Waals surface area contributed by atoms with E-state index in [0.29, 0.717) is 31.7 Å². The molecule has 0 bridgehead atoms. The molecule has 1 saturated heterocycles. The molecule has 0 radical (unpaired) electrons. The van der Waals surface area contributed by atoms with Crippen molar-refractivity contribution >= 4 is 17.6 Å². The van der Waals surface area contributed by atoms with Gasteiger partial charge < -0.3 is 15.1 Å². The number of piperazine rings is 1. The Bertz CT molecular complexity index is 725. The van der Waals surface area contributed by atoms with Gasteiger partial charge in [-0.1, -0.05) is 18.2 Å². The van der Waals surface area contributed by atoms with Crippen LogP contribution in [0.1, 0.15) is 16.1 Å². The Kier molecular flexibility index (Phi) is 5.23. The SMILES string of the molecule is Cc1ccc(N2CCN(C(=O)CNC(=O)c3ccccc3)CC2)nn1. The molecule has 1 fully saturated rings. The third-order valence-corrected chi connectivity index (χ3v) is 4.18. The number of nitrogens with one attached hydrogen (secondary N) is 1. The van der Waals surface area contributed by atoms with Crippen molar-refractivity contribution in [3.63, 3.8) is 0 Å². The fraction of sp³-hybridized carbons (Fsp3) is 0.333. The highest BCUT2D eigenvalue weighted by Gasteiger charge is 2.22. The highest BCUT2D eigenvalue weighted by Crippen LogP contribution is 2.12. The third kappa shape index (κ3) is 4.32. The molecule has 0 saturated carbocycles. The molecule has 1 aliphatic heterocycles. The first-order valence-electron chi connectivity index (χ1n) is 8.30. The lowest BCUT2D eigenvalue weighted by atomic mass is 10.2. The lowest BCUT2D eigenvalue weighted by Gasteiger charge is -2.35. The van der Waals surface area contributed by atoms with Gasteiger partial charge in [-0.3, -0.25) is 9.59 Å². The zero-order chi connectivity index (χ0) is 17.6. The van der Waals surface area contributed by atoms with Gasteiger partial charge in [0.15, 0.2) is 5.82 Å². The van der Waals surface area contributed by atoms with Gasteiger partial charge in [0.2, 0.25) is 5.91 Å². The standard InChI is InChI=1S/C18H21N5O2/c1-14-7-8-16(21-20-14)22-9-11-23(12-10-22)17(24)13-19-18(25)15-5-3-2-4-6-15/h2-8H,9-13H2,1H3,(H,19,25). The summed E-state index contributed by atoms with van der Waals surface area (Å²) in [4.78, 5) is 28.2. The molecule has 7 nitrogen and oxygen atoms in total. The summed E-state index contributed by atoms with van der Waals surface area (Å²) in [6, 6.07) is 12.8. The maximum Gasteiger partial charge on any atom is 0.251 e. The molecule has 2 heterocycles. The van der Waals surface area contributed by atoms with Gasteiger partial charge in [-0.2, -0.15) is 5.10 Å². The zero-order valence-electron chi connectivity index (χ0n) is 14.2. The van der Waals surface area contributed by atoms with E-state index in [-0.39, 0.29) is 18.4 Å². The van der Waals surface area contributed by atoms with E-state index in [1.165, 1.54) is 0 Å². The molecule has 0 spiro atoms. The van der Waals surface area contributed by atoms with Gasteiger partial charge in [-0.15, -0.1) is 5.10 Å².